The molecule has 5 heteroatoms. The Hall–Kier alpha value is -1.88. The lowest BCUT2D eigenvalue weighted by Crippen LogP contribution is -2.39. The maximum absolute atomic E-state index is 11.9. The molecule has 1 aliphatic carbocycles. The summed E-state index contributed by atoms with van der Waals surface area (Å²) < 4.78 is 0. The molecule has 1 aromatic carbocycles. The summed E-state index contributed by atoms with van der Waals surface area (Å²) in [4.78, 5) is 25.5. The van der Waals surface area contributed by atoms with Crippen molar-refractivity contribution in [2.75, 3.05) is 5.32 Å². The van der Waals surface area contributed by atoms with Crippen molar-refractivity contribution >= 4 is 17.5 Å². The van der Waals surface area contributed by atoms with Gasteiger partial charge in [-0.2, -0.15) is 0 Å². The van der Waals surface area contributed by atoms with Crippen molar-refractivity contribution in [2.45, 2.75) is 52.2 Å². The predicted octanol–water partition coefficient (Wildman–Crippen LogP) is 2.12. The van der Waals surface area contributed by atoms with Crippen LogP contribution in [0.5, 0.6) is 0 Å². The molecule has 120 valence electrons. The van der Waals surface area contributed by atoms with Gasteiger partial charge in [0.05, 0.1) is 6.04 Å². The first kappa shape index (κ1) is 16.5. The van der Waals surface area contributed by atoms with E-state index in [4.69, 9.17) is 5.73 Å². The molecule has 1 fully saturated rings. The Balaban J connectivity index is 1.95. The van der Waals surface area contributed by atoms with Crippen molar-refractivity contribution in [3.8, 4) is 0 Å². The fraction of sp³-hybridized carbons (Fsp3) is 0.529. The first-order valence-corrected chi connectivity index (χ1v) is 7.81. The third kappa shape index (κ3) is 4.31. The maximum Gasteiger partial charge on any atom is 0.241 e. The number of hydrogen-bond donors (Lipinski definition) is 2. The third-order valence-electron chi connectivity index (χ3n) is 3.99. The minimum absolute atomic E-state index is 0.0990. The molecule has 0 spiro atoms. The minimum Gasteiger partial charge on any atom is -0.336 e. The molecular formula is C17H25N3O2. The van der Waals surface area contributed by atoms with E-state index in [-0.39, 0.29) is 17.7 Å². The van der Waals surface area contributed by atoms with Crippen LogP contribution in [-0.2, 0) is 16.1 Å². The van der Waals surface area contributed by atoms with Crippen LogP contribution in [0.2, 0.25) is 0 Å². The van der Waals surface area contributed by atoms with E-state index in [0.717, 1.165) is 24.1 Å². The first-order valence-electron chi connectivity index (χ1n) is 7.81. The van der Waals surface area contributed by atoms with Crippen molar-refractivity contribution in [2.24, 2.45) is 11.7 Å². The van der Waals surface area contributed by atoms with Crippen molar-refractivity contribution in [1.29, 1.82) is 0 Å². The molecule has 2 amide bonds. The quantitative estimate of drug-likeness (QED) is 0.845. The number of hydrogen-bond acceptors (Lipinski definition) is 3. The fourth-order valence-electron chi connectivity index (χ4n) is 2.30. The summed E-state index contributed by atoms with van der Waals surface area (Å²) in [6, 6.07) is 7.48. The topological polar surface area (TPSA) is 75.4 Å². The average molecular weight is 303 g/mol. The number of nitrogens with two attached hydrogens (primary N) is 1. The number of benzene rings is 1. The van der Waals surface area contributed by atoms with Crippen LogP contribution in [0.15, 0.2) is 24.3 Å². The Kier molecular flexibility index (Phi) is 5.19. The van der Waals surface area contributed by atoms with Gasteiger partial charge in [-0.05, 0) is 36.5 Å². The Morgan fingerprint density at radius 3 is 2.32 bits per heavy atom. The van der Waals surface area contributed by atoms with Crippen LogP contribution in [0.25, 0.3) is 0 Å². The highest BCUT2D eigenvalue weighted by Crippen LogP contribution is 2.28. The van der Waals surface area contributed by atoms with E-state index < -0.39 is 6.04 Å². The summed E-state index contributed by atoms with van der Waals surface area (Å²) in [5.74, 6) is 0.0378. The van der Waals surface area contributed by atoms with Crippen LogP contribution < -0.4 is 11.1 Å². The van der Waals surface area contributed by atoms with E-state index in [1.54, 1.807) is 6.92 Å². The zero-order valence-electron chi connectivity index (χ0n) is 13.5. The zero-order valence-corrected chi connectivity index (χ0v) is 13.5. The molecule has 5 nitrogen and oxygen atoms in total. The van der Waals surface area contributed by atoms with Crippen LogP contribution in [0.1, 0.15) is 39.2 Å². The first-order chi connectivity index (χ1) is 10.4. The molecule has 3 N–H and O–H groups in total. The standard InChI is InChI=1S/C17H25N3O2/c1-11(2)16(18)17(22)19-14-6-4-13(5-7-14)10-20(12(3)21)15-8-9-15/h4-7,11,15-16H,8-10,18H2,1-3H3,(H,19,22)/t16-/m0/s1. The number of amides is 2. The molecule has 1 atom stereocenters. The van der Waals surface area contributed by atoms with E-state index in [2.05, 4.69) is 5.32 Å². The molecule has 1 saturated carbocycles. The number of carbonyl (C=O) groups is 2. The van der Waals surface area contributed by atoms with Gasteiger partial charge >= 0.3 is 0 Å². The Morgan fingerprint density at radius 1 is 1.27 bits per heavy atom. The number of nitrogens with zero attached hydrogens (tertiary/aromatic N) is 1. The zero-order chi connectivity index (χ0) is 16.3. The van der Waals surface area contributed by atoms with Gasteiger partial charge in [-0.25, -0.2) is 0 Å². The fourth-order valence-corrected chi connectivity index (χ4v) is 2.30. The summed E-state index contributed by atoms with van der Waals surface area (Å²) in [6.45, 7) is 6.07. The van der Waals surface area contributed by atoms with Gasteiger partial charge in [0.1, 0.15) is 0 Å². The third-order valence-corrected chi connectivity index (χ3v) is 3.99. The number of rotatable bonds is 6. The van der Waals surface area contributed by atoms with Gasteiger partial charge in [-0.1, -0.05) is 26.0 Å². The monoisotopic (exact) mass is 303 g/mol. The van der Waals surface area contributed by atoms with Gasteiger partial charge in [0.25, 0.3) is 0 Å². The van der Waals surface area contributed by atoms with Gasteiger partial charge in [-0.15, -0.1) is 0 Å². The lowest BCUT2D eigenvalue weighted by Gasteiger charge is -2.21. The molecule has 0 heterocycles. The maximum atomic E-state index is 11.9. The molecule has 1 aliphatic rings. The summed E-state index contributed by atoms with van der Waals surface area (Å²) >= 11 is 0. The van der Waals surface area contributed by atoms with Crippen LogP contribution in [0, 0.1) is 5.92 Å². The normalized spacial score (nSPS) is 15.5. The molecule has 22 heavy (non-hydrogen) atoms. The Bertz CT molecular complexity index is 535. The lowest BCUT2D eigenvalue weighted by molar-refractivity contribution is -0.130. The van der Waals surface area contributed by atoms with E-state index in [0.29, 0.717) is 12.6 Å². The second-order valence-corrected chi connectivity index (χ2v) is 6.33. The summed E-state index contributed by atoms with van der Waals surface area (Å²) in [6.07, 6.45) is 2.20. The molecule has 0 radical (unpaired) electrons. The van der Waals surface area contributed by atoms with Gasteiger partial charge in [0.15, 0.2) is 0 Å². The number of anilines is 1. The van der Waals surface area contributed by atoms with Gasteiger partial charge < -0.3 is 16.0 Å². The smallest absolute Gasteiger partial charge is 0.241 e. The highest BCUT2D eigenvalue weighted by molar-refractivity contribution is 5.94. The second kappa shape index (κ2) is 6.92. The Labute approximate surface area is 131 Å². The van der Waals surface area contributed by atoms with E-state index >= 15 is 0 Å². The van der Waals surface area contributed by atoms with E-state index in [1.807, 2.05) is 43.0 Å². The van der Waals surface area contributed by atoms with E-state index in [9.17, 15) is 9.59 Å². The summed E-state index contributed by atoms with van der Waals surface area (Å²) in [5.41, 5.74) is 7.61. The average Bonchev–Trinajstić information content (AvgIpc) is 3.29. The summed E-state index contributed by atoms with van der Waals surface area (Å²) in [7, 11) is 0. The largest absolute Gasteiger partial charge is 0.336 e. The lowest BCUT2D eigenvalue weighted by atomic mass is 10.0. The van der Waals surface area contributed by atoms with Gasteiger partial charge in [0.2, 0.25) is 11.8 Å². The van der Waals surface area contributed by atoms with Crippen molar-refractivity contribution in [3.63, 3.8) is 0 Å². The second-order valence-electron chi connectivity index (χ2n) is 6.33. The predicted molar refractivity (Wildman–Crippen MR) is 87.1 cm³/mol. The van der Waals surface area contributed by atoms with Crippen molar-refractivity contribution in [3.05, 3.63) is 29.8 Å². The highest BCUT2D eigenvalue weighted by atomic mass is 16.2. The van der Waals surface area contributed by atoms with Gasteiger partial charge in [0, 0.05) is 25.2 Å². The van der Waals surface area contributed by atoms with Crippen LogP contribution >= 0.6 is 0 Å². The number of nitrogens with one attached hydrogen (secondary N) is 1. The highest BCUT2D eigenvalue weighted by Gasteiger charge is 2.30. The van der Waals surface area contributed by atoms with Crippen LogP contribution in [0.3, 0.4) is 0 Å². The molecular weight excluding hydrogens is 278 g/mol. The summed E-state index contributed by atoms with van der Waals surface area (Å²) in [5, 5.41) is 2.82. The molecule has 0 aromatic heterocycles. The SMILES string of the molecule is CC(=O)N(Cc1ccc(NC(=O)[C@@H](N)C(C)C)cc1)C1CC1. The Morgan fingerprint density at radius 2 is 1.86 bits per heavy atom. The van der Waals surface area contributed by atoms with Crippen molar-refractivity contribution < 1.29 is 9.59 Å². The van der Waals surface area contributed by atoms with Crippen LogP contribution in [0.4, 0.5) is 5.69 Å². The number of carbonyl (C=O) groups excluding carboxylic acids is 2. The van der Waals surface area contributed by atoms with Crippen molar-refractivity contribution in [1.82, 2.24) is 4.90 Å². The molecule has 1 aromatic rings. The molecule has 0 bridgehead atoms. The molecule has 2 rings (SSSR count). The molecule has 0 unspecified atom stereocenters. The molecule has 0 aliphatic heterocycles. The van der Waals surface area contributed by atoms with Gasteiger partial charge in [-0.3, -0.25) is 9.59 Å². The van der Waals surface area contributed by atoms with E-state index in [1.165, 1.54) is 0 Å². The van der Waals surface area contributed by atoms with Crippen LogP contribution in [-0.4, -0.2) is 28.8 Å². The minimum atomic E-state index is -0.511. The molecule has 0 saturated heterocycles.